The Morgan fingerprint density at radius 3 is 2.76 bits per heavy atom. The first-order chi connectivity index (χ1) is 8.08. The fraction of sp³-hybridized carbons (Fsp3) is 0.462. The maximum atomic E-state index is 8.55. The van der Waals surface area contributed by atoms with Gasteiger partial charge in [-0.15, -0.1) is 0 Å². The molecule has 0 saturated heterocycles. The van der Waals surface area contributed by atoms with Crippen molar-refractivity contribution in [1.82, 2.24) is 4.90 Å². The lowest BCUT2D eigenvalue weighted by atomic mass is 10.1. The van der Waals surface area contributed by atoms with E-state index in [1.54, 1.807) is 7.11 Å². The molecule has 1 aromatic carbocycles. The number of nitriles is 1. The molecule has 3 nitrogen and oxygen atoms in total. The van der Waals surface area contributed by atoms with E-state index in [1.807, 2.05) is 26.1 Å². The summed E-state index contributed by atoms with van der Waals surface area (Å²) < 4.78 is 5.39. The molecule has 0 saturated carbocycles. The Hall–Kier alpha value is -1.24. The summed E-state index contributed by atoms with van der Waals surface area (Å²) >= 11 is 6.04. The fourth-order valence-electron chi connectivity index (χ4n) is 1.82. The molecule has 0 fully saturated rings. The van der Waals surface area contributed by atoms with Gasteiger partial charge in [-0.3, -0.25) is 0 Å². The quantitative estimate of drug-likeness (QED) is 0.808. The first-order valence-electron chi connectivity index (χ1n) is 5.47. The van der Waals surface area contributed by atoms with Crippen LogP contribution < -0.4 is 4.74 Å². The van der Waals surface area contributed by atoms with Crippen molar-refractivity contribution in [2.24, 2.45) is 0 Å². The monoisotopic (exact) mass is 252 g/mol. The molecule has 0 amide bonds. The van der Waals surface area contributed by atoms with E-state index in [1.165, 1.54) is 0 Å². The van der Waals surface area contributed by atoms with E-state index < -0.39 is 0 Å². The fourth-order valence-corrected chi connectivity index (χ4v) is 2.11. The molecule has 0 spiro atoms. The van der Waals surface area contributed by atoms with Crippen LogP contribution in [0.1, 0.15) is 17.5 Å². The second-order valence-corrected chi connectivity index (χ2v) is 4.50. The third kappa shape index (κ3) is 3.92. The number of rotatable bonds is 5. The van der Waals surface area contributed by atoms with E-state index in [2.05, 4.69) is 11.0 Å². The van der Waals surface area contributed by atoms with Gasteiger partial charge in [-0.25, -0.2) is 0 Å². The molecule has 0 unspecified atom stereocenters. The van der Waals surface area contributed by atoms with Gasteiger partial charge in [0.05, 0.1) is 13.2 Å². The molecule has 0 N–H and O–H groups in total. The van der Waals surface area contributed by atoms with Gasteiger partial charge in [-0.05, 0) is 31.7 Å². The highest BCUT2D eigenvalue weighted by Gasteiger charge is 2.10. The summed E-state index contributed by atoms with van der Waals surface area (Å²) in [6.07, 6.45) is 0.526. The normalized spacial score (nSPS) is 10.4. The van der Waals surface area contributed by atoms with Gasteiger partial charge >= 0.3 is 0 Å². The van der Waals surface area contributed by atoms with Crippen molar-refractivity contribution in [3.05, 3.63) is 28.3 Å². The average molecular weight is 253 g/mol. The van der Waals surface area contributed by atoms with Crippen LogP contribution in [0.3, 0.4) is 0 Å². The molecule has 0 aliphatic heterocycles. The zero-order valence-corrected chi connectivity index (χ0v) is 11.2. The maximum Gasteiger partial charge on any atom is 0.126 e. The molecular formula is C13H17ClN2O. The lowest BCUT2D eigenvalue weighted by Gasteiger charge is -2.18. The third-order valence-corrected chi connectivity index (χ3v) is 2.78. The van der Waals surface area contributed by atoms with Crippen LogP contribution >= 0.6 is 11.6 Å². The summed E-state index contributed by atoms with van der Waals surface area (Å²) in [6, 6.07) is 5.94. The largest absolute Gasteiger partial charge is 0.496 e. The standard InChI is InChI=1S/C13H17ClN2O/c1-10-7-12(14)8-11(13(10)17-3)9-16(2)6-4-5-15/h7-8H,4,6,9H2,1-3H3. The number of aryl methyl sites for hydroxylation is 1. The average Bonchev–Trinajstić information content (AvgIpc) is 2.25. The summed E-state index contributed by atoms with van der Waals surface area (Å²) in [5, 5.41) is 9.26. The van der Waals surface area contributed by atoms with E-state index in [4.69, 9.17) is 21.6 Å². The third-order valence-electron chi connectivity index (χ3n) is 2.57. The van der Waals surface area contributed by atoms with Gasteiger partial charge in [0.15, 0.2) is 0 Å². The topological polar surface area (TPSA) is 36.3 Å². The number of hydrogen-bond acceptors (Lipinski definition) is 3. The summed E-state index contributed by atoms with van der Waals surface area (Å²) in [6.45, 7) is 3.45. The molecule has 0 aliphatic rings. The van der Waals surface area contributed by atoms with E-state index in [-0.39, 0.29) is 0 Å². The van der Waals surface area contributed by atoms with Gasteiger partial charge in [0, 0.05) is 30.1 Å². The van der Waals surface area contributed by atoms with Gasteiger partial charge in [-0.2, -0.15) is 5.26 Å². The van der Waals surface area contributed by atoms with Crippen LogP contribution in [0.25, 0.3) is 0 Å². The van der Waals surface area contributed by atoms with Gasteiger partial charge in [0.25, 0.3) is 0 Å². The van der Waals surface area contributed by atoms with Crippen molar-refractivity contribution >= 4 is 11.6 Å². The molecule has 0 heterocycles. The number of hydrogen-bond donors (Lipinski definition) is 0. The lowest BCUT2D eigenvalue weighted by Crippen LogP contribution is -2.19. The molecule has 0 atom stereocenters. The van der Waals surface area contributed by atoms with Crippen LogP contribution in [-0.4, -0.2) is 25.6 Å². The van der Waals surface area contributed by atoms with Gasteiger partial charge < -0.3 is 9.64 Å². The summed E-state index contributed by atoms with van der Waals surface area (Å²) in [5.41, 5.74) is 2.08. The van der Waals surface area contributed by atoms with Gasteiger partial charge in [-0.1, -0.05) is 11.6 Å². The van der Waals surface area contributed by atoms with Crippen molar-refractivity contribution in [2.75, 3.05) is 20.7 Å². The Kier molecular flexibility index (Phi) is 5.27. The molecular weight excluding hydrogens is 236 g/mol. The zero-order valence-electron chi connectivity index (χ0n) is 10.5. The minimum Gasteiger partial charge on any atom is -0.496 e. The van der Waals surface area contributed by atoms with E-state index in [9.17, 15) is 0 Å². The first kappa shape index (κ1) is 13.8. The number of nitrogens with zero attached hydrogens (tertiary/aromatic N) is 2. The Bertz CT molecular complexity index is 426. The highest BCUT2D eigenvalue weighted by atomic mass is 35.5. The van der Waals surface area contributed by atoms with Gasteiger partial charge in [0.2, 0.25) is 0 Å². The minimum atomic E-state index is 0.526. The Morgan fingerprint density at radius 2 is 2.18 bits per heavy atom. The van der Waals surface area contributed by atoms with Crippen LogP contribution in [0.15, 0.2) is 12.1 Å². The van der Waals surface area contributed by atoms with Crippen LogP contribution in [0.2, 0.25) is 5.02 Å². The van der Waals surface area contributed by atoms with Crippen LogP contribution in [0.5, 0.6) is 5.75 Å². The van der Waals surface area contributed by atoms with Crippen LogP contribution in [0.4, 0.5) is 0 Å². The molecule has 0 radical (unpaired) electrons. The molecule has 1 rings (SSSR count). The highest BCUT2D eigenvalue weighted by Crippen LogP contribution is 2.28. The highest BCUT2D eigenvalue weighted by molar-refractivity contribution is 6.30. The second kappa shape index (κ2) is 6.48. The van der Waals surface area contributed by atoms with E-state index in [0.29, 0.717) is 11.4 Å². The summed E-state index contributed by atoms with van der Waals surface area (Å²) in [7, 11) is 3.64. The Labute approximate surface area is 108 Å². The smallest absolute Gasteiger partial charge is 0.126 e. The van der Waals surface area contributed by atoms with Crippen molar-refractivity contribution in [3.63, 3.8) is 0 Å². The summed E-state index contributed by atoms with van der Waals surface area (Å²) in [4.78, 5) is 2.08. The van der Waals surface area contributed by atoms with Crippen molar-refractivity contribution in [1.29, 1.82) is 5.26 Å². The molecule has 1 aromatic rings. The predicted molar refractivity (Wildman–Crippen MR) is 69.3 cm³/mol. The van der Waals surface area contributed by atoms with Crippen molar-refractivity contribution in [3.8, 4) is 11.8 Å². The van der Waals surface area contributed by atoms with E-state index in [0.717, 1.165) is 30.0 Å². The number of methoxy groups -OCH3 is 1. The van der Waals surface area contributed by atoms with E-state index >= 15 is 0 Å². The molecule has 4 heteroatoms. The SMILES string of the molecule is COc1c(C)cc(Cl)cc1CN(C)CCC#N. The van der Waals surface area contributed by atoms with Crippen LogP contribution in [0, 0.1) is 18.3 Å². The number of halogens is 1. The van der Waals surface area contributed by atoms with Crippen molar-refractivity contribution in [2.45, 2.75) is 19.9 Å². The summed E-state index contributed by atoms with van der Waals surface area (Å²) in [5.74, 6) is 0.873. The van der Waals surface area contributed by atoms with Crippen LogP contribution in [-0.2, 0) is 6.54 Å². The predicted octanol–water partition coefficient (Wildman–Crippen LogP) is 3.00. The molecule has 0 aromatic heterocycles. The first-order valence-corrected chi connectivity index (χ1v) is 5.84. The molecule has 17 heavy (non-hydrogen) atoms. The zero-order chi connectivity index (χ0) is 12.8. The second-order valence-electron chi connectivity index (χ2n) is 4.06. The molecule has 92 valence electrons. The molecule has 0 bridgehead atoms. The number of ether oxygens (including phenoxy) is 1. The lowest BCUT2D eigenvalue weighted by molar-refractivity contribution is 0.323. The maximum absolute atomic E-state index is 8.55. The molecule has 0 aliphatic carbocycles. The Balaban J connectivity index is 2.86. The minimum absolute atomic E-state index is 0.526. The van der Waals surface area contributed by atoms with Gasteiger partial charge in [0.1, 0.15) is 5.75 Å². The Morgan fingerprint density at radius 1 is 1.47 bits per heavy atom. The van der Waals surface area contributed by atoms with Crippen molar-refractivity contribution < 1.29 is 4.74 Å². The number of benzene rings is 1.